The van der Waals surface area contributed by atoms with E-state index in [4.69, 9.17) is 5.73 Å². The zero-order valence-corrected chi connectivity index (χ0v) is 12.6. The number of hydrogen-bond donors (Lipinski definition) is 3. The van der Waals surface area contributed by atoms with Crippen LogP contribution in [0.25, 0.3) is 0 Å². The molecule has 1 amide bonds. The first kappa shape index (κ1) is 17.2. The molecule has 0 radical (unpaired) electrons. The van der Waals surface area contributed by atoms with E-state index in [2.05, 4.69) is 20.4 Å². The van der Waals surface area contributed by atoms with E-state index in [1.165, 1.54) is 4.90 Å². The van der Waals surface area contributed by atoms with Crippen LogP contribution in [0.2, 0.25) is 0 Å². The first-order valence-electron chi connectivity index (χ1n) is 7.52. The van der Waals surface area contributed by atoms with E-state index in [0.29, 0.717) is 18.9 Å². The fraction of sp³-hybridized carbons (Fsp3) is 0.786. The molecule has 1 rings (SSSR count). The van der Waals surface area contributed by atoms with Crippen LogP contribution in [0, 0.1) is 5.92 Å². The Hall–Kier alpha value is -0.845. The summed E-state index contributed by atoms with van der Waals surface area (Å²) >= 11 is 0. The van der Waals surface area contributed by atoms with E-state index in [1.54, 1.807) is 0 Å². The minimum Gasteiger partial charge on any atom is -0.426 e. The molecule has 114 valence electrons. The summed E-state index contributed by atoms with van der Waals surface area (Å²) in [6.07, 6.45) is 4.21. The first-order chi connectivity index (χ1) is 9.42. The van der Waals surface area contributed by atoms with Crippen LogP contribution in [-0.4, -0.2) is 46.5 Å². The van der Waals surface area contributed by atoms with Gasteiger partial charge in [0.15, 0.2) is 0 Å². The fourth-order valence-electron chi connectivity index (χ4n) is 2.80. The zero-order valence-electron chi connectivity index (χ0n) is 12.6. The van der Waals surface area contributed by atoms with Gasteiger partial charge in [0.2, 0.25) is 5.91 Å². The molecule has 2 atom stereocenters. The first-order valence-corrected chi connectivity index (χ1v) is 7.52. The molecular weight excluding hydrogens is 255 g/mol. The Morgan fingerprint density at radius 1 is 1.45 bits per heavy atom. The molecule has 0 aromatic rings. The third kappa shape index (κ3) is 4.07. The molecular formula is C14H27BN2O3. The molecule has 0 spiro atoms. The highest BCUT2D eigenvalue weighted by Gasteiger charge is 2.38. The van der Waals surface area contributed by atoms with Crippen LogP contribution >= 0.6 is 0 Å². The molecule has 1 heterocycles. The van der Waals surface area contributed by atoms with Crippen molar-refractivity contribution in [3.8, 4) is 0 Å². The van der Waals surface area contributed by atoms with Gasteiger partial charge in [-0.2, -0.15) is 0 Å². The van der Waals surface area contributed by atoms with Crippen LogP contribution in [-0.2, 0) is 4.79 Å². The van der Waals surface area contributed by atoms with E-state index < -0.39 is 19.1 Å². The Labute approximate surface area is 122 Å². The molecule has 0 unspecified atom stereocenters. The van der Waals surface area contributed by atoms with Crippen LogP contribution in [0.15, 0.2) is 12.2 Å². The second-order valence-electron chi connectivity index (χ2n) is 5.68. The van der Waals surface area contributed by atoms with Crippen molar-refractivity contribution in [3.05, 3.63) is 12.2 Å². The summed E-state index contributed by atoms with van der Waals surface area (Å²) in [6, 6.07) is -0.741. The normalized spacial score (nSPS) is 20.3. The van der Waals surface area contributed by atoms with Crippen molar-refractivity contribution in [3.63, 3.8) is 0 Å². The number of rotatable bonds is 7. The Bertz CT molecular complexity index is 345. The summed E-state index contributed by atoms with van der Waals surface area (Å²) in [6.45, 7) is 8.73. The van der Waals surface area contributed by atoms with Crippen molar-refractivity contribution in [1.82, 2.24) is 4.90 Å². The van der Waals surface area contributed by atoms with E-state index in [9.17, 15) is 14.8 Å². The molecule has 4 N–H and O–H groups in total. The van der Waals surface area contributed by atoms with Gasteiger partial charge in [0.1, 0.15) is 6.04 Å². The number of nitrogens with zero attached hydrogens (tertiary/aromatic N) is 1. The van der Waals surface area contributed by atoms with E-state index in [-0.39, 0.29) is 5.91 Å². The Morgan fingerprint density at radius 3 is 2.55 bits per heavy atom. The quantitative estimate of drug-likeness (QED) is 0.474. The zero-order chi connectivity index (χ0) is 15.3. The van der Waals surface area contributed by atoms with Gasteiger partial charge in [-0.1, -0.05) is 38.8 Å². The number of nitrogens with two attached hydrogens (primary N) is 1. The minimum atomic E-state index is -1.50. The number of carbonyl (C=O) groups is 1. The van der Waals surface area contributed by atoms with E-state index in [1.807, 2.05) is 0 Å². The Morgan fingerprint density at radius 2 is 2.05 bits per heavy atom. The molecule has 0 aromatic heterocycles. The lowest BCUT2D eigenvalue weighted by molar-refractivity contribution is -0.131. The molecule has 0 aromatic carbocycles. The topological polar surface area (TPSA) is 86.8 Å². The maximum absolute atomic E-state index is 12.4. The highest BCUT2D eigenvalue weighted by molar-refractivity contribution is 6.43. The van der Waals surface area contributed by atoms with Crippen LogP contribution in [0.5, 0.6) is 0 Å². The van der Waals surface area contributed by atoms with Gasteiger partial charge < -0.3 is 20.7 Å². The molecule has 6 heteroatoms. The molecule has 5 nitrogen and oxygen atoms in total. The van der Waals surface area contributed by atoms with E-state index >= 15 is 0 Å². The van der Waals surface area contributed by atoms with Crippen molar-refractivity contribution in [2.45, 2.75) is 57.9 Å². The second kappa shape index (κ2) is 7.81. The van der Waals surface area contributed by atoms with Crippen LogP contribution < -0.4 is 5.73 Å². The molecule has 0 bridgehead atoms. The molecule has 1 saturated heterocycles. The maximum Gasteiger partial charge on any atom is 0.475 e. The number of likely N-dealkylation sites (tertiary alicyclic amines) is 1. The molecule has 0 aliphatic carbocycles. The second-order valence-corrected chi connectivity index (χ2v) is 5.68. The lowest BCUT2D eigenvalue weighted by Crippen LogP contribution is -2.51. The minimum absolute atomic E-state index is 0.239. The molecule has 1 fully saturated rings. The molecule has 1 aliphatic heterocycles. The predicted octanol–water partition coefficient (Wildman–Crippen LogP) is 0.699. The predicted molar refractivity (Wildman–Crippen MR) is 80.7 cm³/mol. The van der Waals surface area contributed by atoms with Crippen molar-refractivity contribution in [2.75, 3.05) is 6.54 Å². The standard InChI is InChI=1S/C14H27BN2O3/c1-4-11(5-2)9-10(3)13(16)14(18)17-8-6-7-12(17)15(19)20/h11-13,19-20H,3-9,16H2,1-2H3/t12-,13-/m0/s1. The maximum atomic E-state index is 12.4. The summed E-state index contributed by atoms with van der Waals surface area (Å²) in [7, 11) is -1.50. The highest BCUT2D eigenvalue weighted by atomic mass is 16.4. The molecule has 0 saturated carbocycles. The third-order valence-electron chi connectivity index (χ3n) is 4.34. The summed E-state index contributed by atoms with van der Waals surface area (Å²) in [5.74, 6) is -0.273. The SMILES string of the molecule is C=C(CC(CC)CC)[C@H](N)C(=O)N1CCC[C@H]1B(O)O. The average Bonchev–Trinajstić information content (AvgIpc) is 2.92. The van der Waals surface area contributed by atoms with Crippen LogP contribution in [0.4, 0.5) is 0 Å². The summed E-state index contributed by atoms with van der Waals surface area (Å²) in [4.78, 5) is 13.9. The van der Waals surface area contributed by atoms with Crippen molar-refractivity contribution in [1.29, 1.82) is 0 Å². The van der Waals surface area contributed by atoms with Crippen LogP contribution in [0.1, 0.15) is 46.0 Å². The number of hydrogen-bond acceptors (Lipinski definition) is 4. The van der Waals surface area contributed by atoms with Gasteiger partial charge >= 0.3 is 7.12 Å². The monoisotopic (exact) mass is 282 g/mol. The van der Waals surface area contributed by atoms with Crippen LogP contribution in [0.3, 0.4) is 0 Å². The number of carbonyl (C=O) groups excluding carboxylic acids is 1. The van der Waals surface area contributed by atoms with Gasteiger partial charge in [-0.15, -0.1) is 0 Å². The third-order valence-corrected chi connectivity index (χ3v) is 4.34. The van der Waals surface area contributed by atoms with Gasteiger partial charge in [0, 0.05) is 6.54 Å². The molecule has 20 heavy (non-hydrogen) atoms. The molecule has 1 aliphatic rings. The van der Waals surface area contributed by atoms with Gasteiger partial charge in [-0.05, 0) is 25.2 Å². The highest BCUT2D eigenvalue weighted by Crippen LogP contribution is 2.23. The average molecular weight is 282 g/mol. The van der Waals surface area contributed by atoms with Gasteiger partial charge in [-0.25, -0.2) is 0 Å². The fourth-order valence-corrected chi connectivity index (χ4v) is 2.80. The lowest BCUT2D eigenvalue weighted by atomic mass is 9.77. The largest absolute Gasteiger partial charge is 0.475 e. The van der Waals surface area contributed by atoms with Crippen molar-refractivity contribution in [2.24, 2.45) is 11.7 Å². The van der Waals surface area contributed by atoms with Crippen molar-refractivity contribution >= 4 is 13.0 Å². The van der Waals surface area contributed by atoms with Gasteiger partial charge in [0.25, 0.3) is 0 Å². The van der Waals surface area contributed by atoms with Gasteiger partial charge in [-0.3, -0.25) is 4.79 Å². The summed E-state index contributed by atoms with van der Waals surface area (Å²) < 4.78 is 0. The summed E-state index contributed by atoms with van der Waals surface area (Å²) in [5, 5.41) is 18.6. The lowest BCUT2D eigenvalue weighted by Gasteiger charge is -2.28. The summed E-state index contributed by atoms with van der Waals surface area (Å²) in [5.41, 5.74) is 6.74. The van der Waals surface area contributed by atoms with Crippen molar-refractivity contribution < 1.29 is 14.8 Å². The number of amides is 1. The Kier molecular flexibility index (Phi) is 6.72. The van der Waals surface area contributed by atoms with E-state index in [0.717, 1.165) is 31.3 Å². The Balaban J connectivity index is 2.64. The van der Waals surface area contributed by atoms with Gasteiger partial charge in [0.05, 0.1) is 5.94 Å². The smallest absolute Gasteiger partial charge is 0.426 e.